The van der Waals surface area contributed by atoms with Gasteiger partial charge in [0, 0.05) is 31.1 Å². The molecule has 0 aromatic heterocycles. The van der Waals surface area contributed by atoms with Crippen molar-refractivity contribution in [1.82, 2.24) is 14.7 Å². The molecule has 2 bridgehead atoms. The summed E-state index contributed by atoms with van der Waals surface area (Å²) in [5.41, 5.74) is 1.64. The third-order valence-corrected chi connectivity index (χ3v) is 7.67. The second kappa shape index (κ2) is 7.35. The van der Waals surface area contributed by atoms with E-state index in [1.54, 1.807) is 12.1 Å². The molecule has 1 aliphatic carbocycles. The number of piperazine rings is 1. The molecule has 31 heavy (non-hydrogen) atoms. The second-order valence-corrected chi connectivity index (χ2v) is 9.57. The van der Waals surface area contributed by atoms with E-state index in [9.17, 15) is 14.9 Å². The molecule has 5 rings (SSSR count). The predicted molar refractivity (Wildman–Crippen MR) is 114 cm³/mol. The van der Waals surface area contributed by atoms with Gasteiger partial charge in [-0.2, -0.15) is 5.26 Å². The molecule has 160 valence electrons. The van der Waals surface area contributed by atoms with Crippen LogP contribution >= 0.6 is 0 Å². The first-order chi connectivity index (χ1) is 14.9. The lowest BCUT2D eigenvalue weighted by Gasteiger charge is -2.38. The maximum absolute atomic E-state index is 13.2. The van der Waals surface area contributed by atoms with Gasteiger partial charge in [-0.15, -0.1) is 0 Å². The Morgan fingerprint density at radius 1 is 1.26 bits per heavy atom. The molecule has 7 heteroatoms. The minimum atomic E-state index is -0.277. The molecular formula is C24H27N5O2. The fourth-order valence-electron chi connectivity index (χ4n) is 5.96. The Balaban J connectivity index is 1.23. The van der Waals surface area contributed by atoms with Crippen molar-refractivity contribution in [2.24, 2.45) is 11.8 Å². The SMILES string of the molecule is [C-]#[N+]c1ccc([C@@H](C)N2C(=O)[C@@H]3C[C@H]2CN3C[C@H](C)C(=O)N2C3C[C@H]3C[C@H]2C#N)cc1. The van der Waals surface area contributed by atoms with Crippen LogP contribution in [0.1, 0.15) is 44.7 Å². The average Bonchev–Trinajstić information content (AvgIpc) is 3.11. The molecule has 1 aromatic rings. The minimum Gasteiger partial charge on any atom is -0.330 e. The number of hydrogen-bond acceptors (Lipinski definition) is 4. The Morgan fingerprint density at radius 3 is 2.65 bits per heavy atom. The fraction of sp³-hybridized carbons (Fsp3) is 0.583. The van der Waals surface area contributed by atoms with E-state index >= 15 is 0 Å². The summed E-state index contributed by atoms with van der Waals surface area (Å²) in [5, 5.41) is 9.40. The Morgan fingerprint density at radius 2 is 2.00 bits per heavy atom. The highest BCUT2D eigenvalue weighted by atomic mass is 16.2. The average molecular weight is 418 g/mol. The van der Waals surface area contributed by atoms with Crippen LogP contribution in [0, 0.1) is 29.7 Å². The summed E-state index contributed by atoms with van der Waals surface area (Å²) in [4.78, 5) is 35.7. The first kappa shape index (κ1) is 20.0. The lowest BCUT2D eigenvalue weighted by Crippen LogP contribution is -2.53. The van der Waals surface area contributed by atoms with Crippen molar-refractivity contribution >= 4 is 17.5 Å². The molecule has 1 saturated carbocycles. The van der Waals surface area contributed by atoms with Crippen LogP contribution in [0.3, 0.4) is 0 Å². The van der Waals surface area contributed by atoms with E-state index in [4.69, 9.17) is 6.57 Å². The number of amides is 2. The van der Waals surface area contributed by atoms with Crippen LogP contribution in [-0.4, -0.2) is 63.8 Å². The number of likely N-dealkylation sites (tertiary alicyclic amines) is 3. The van der Waals surface area contributed by atoms with Crippen LogP contribution in [0.5, 0.6) is 0 Å². The molecule has 0 N–H and O–H groups in total. The van der Waals surface area contributed by atoms with Crippen molar-refractivity contribution in [2.45, 2.75) is 63.3 Å². The number of benzene rings is 1. The fourth-order valence-corrected chi connectivity index (χ4v) is 5.96. The van der Waals surface area contributed by atoms with E-state index in [0.29, 0.717) is 18.2 Å². The number of rotatable bonds is 5. The Hall–Kier alpha value is -2.90. The molecule has 0 radical (unpaired) electrons. The van der Waals surface area contributed by atoms with Crippen LogP contribution in [0.4, 0.5) is 5.69 Å². The number of nitrogens with zero attached hydrogens (tertiary/aromatic N) is 5. The van der Waals surface area contributed by atoms with Gasteiger partial charge < -0.3 is 9.80 Å². The lowest BCUT2D eigenvalue weighted by molar-refractivity contribution is -0.142. The van der Waals surface area contributed by atoms with Crippen LogP contribution in [0.15, 0.2) is 24.3 Å². The number of carbonyl (C=O) groups is 2. The van der Waals surface area contributed by atoms with Crippen LogP contribution < -0.4 is 0 Å². The van der Waals surface area contributed by atoms with Crippen molar-refractivity contribution in [3.05, 3.63) is 41.2 Å². The monoisotopic (exact) mass is 417 g/mol. The molecule has 4 fully saturated rings. The number of fused-ring (bicyclic) bond motifs is 3. The smallest absolute Gasteiger partial charge is 0.240 e. The molecule has 7 nitrogen and oxygen atoms in total. The standard InChI is InChI=1S/C24H27N5O2/c1-14(23(30)29-19(11-25)8-17-9-21(17)29)12-27-13-20-10-22(27)24(31)28(20)15(2)16-4-6-18(26-3)7-5-16/h4-7,14-15,17,19-22H,8-10,12-13H2,1-2H3/t14-,15+,17+,19-,20-,21?,22-/m0/s1. The second-order valence-electron chi connectivity index (χ2n) is 9.57. The van der Waals surface area contributed by atoms with Gasteiger partial charge in [-0.1, -0.05) is 31.2 Å². The summed E-state index contributed by atoms with van der Waals surface area (Å²) >= 11 is 0. The highest BCUT2D eigenvalue weighted by Gasteiger charge is 2.55. The molecule has 7 atom stereocenters. The summed E-state index contributed by atoms with van der Waals surface area (Å²) in [6.07, 6.45) is 2.66. The highest BCUT2D eigenvalue weighted by molar-refractivity contribution is 5.86. The van der Waals surface area contributed by atoms with Gasteiger partial charge in [0.15, 0.2) is 5.69 Å². The van der Waals surface area contributed by atoms with Crippen molar-refractivity contribution < 1.29 is 9.59 Å². The molecule has 3 aliphatic heterocycles. The third kappa shape index (κ3) is 3.20. The number of carbonyl (C=O) groups excluding carboxylic acids is 2. The Kier molecular flexibility index (Phi) is 4.75. The number of piperidine rings is 1. The normalized spacial score (nSPS) is 33.0. The first-order valence-electron chi connectivity index (χ1n) is 11.2. The van der Waals surface area contributed by atoms with Crippen LogP contribution in [-0.2, 0) is 9.59 Å². The summed E-state index contributed by atoms with van der Waals surface area (Å²) in [5.74, 6) is 0.506. The van der Waals surface area contributed by atoms with Gasteiger partial charge in [-0.05, 0) is 37.7 Å². The van der Waals surface area contributed by atoms with Gasteiger partial charge >= 0.3 is 0 Å². The van der Waals surface area contributed by atoms with Gasteiger partial charge in [0.05, 0.1) is 24.7 Å². The molecule has 1 unspecified atom stereocenters. The first-order valence-corrected chi connectivity index (χ1v) is 11.2. The van der Waals surface area contributed by atoms with Crippen molar-refractivity contribution in [1.29, 1.82) is 5.26 Å². The van der Waals surface area contributed by atoms with E-state index in [0.717, 1.165) is 31.4 Å². The highest BCUT2D eigenvalue weighted by Crippen LogP contribution is 2.48. The van der Waals surface area contributed by atoms with Gasteiger partial charge in [-0.3, -0.25) is 14.5 Å². The third-order valence-electron chi connectivity index (χ3n) is 7.67. The zero-order valence-electron chi connectivity index (χ0n) is 17.9. The maximum Gasteiger partial charge on any atom is 0.240 e. The minimum absolute atomic E-state index is 0.0312. The molecular weight excluding hydrogens is 390 g/mol. The van der Waals surface area contributed by atoms with E-state index in [-0.39, 0.29) is 47.9 Å². The Labute approximate surface area is 183 Å². The predicted octanol–water partition coefficient (Wildman–Crippen LogP) is 2.73. The summed E-state index contributed by atoms with van der Waals surface area (Å²) in [6.45, 7) is 12.4. The van der Waals surface area contributed by atoms with E-state index in [1.807, 2.05) is 35.8 Å². The zero-order chi connectivity index (χ0) is 21.9. The Bertz CT molecular complexity index is 993. The van der Waals surface area contributed by atoms with Crippen molar-refractivity contribution in [3.8, 4) is 6.07 Å². The number of nitriles is 1. The summed E-state index contributed by atoms with van der Waals surface area (Å²) in [7, 11) is 0. The quantitative estimate of drug-likeness (QED) is 0.691. The van der Waals surface area contributed by atoms with E-state index < -0.39 is 0 Å². The molecule has 4 aliphatic rings. The van der Waals surface area contributed by atoms with Crippen molar-refractivity contribution in [2.75, 3.05) is 13.1 Å². The van der Waals surface area contributed by atoms with Gasteiger partial charge in [0.25, 0.3) is 0 Å². The van der Waals surface area contributed by atoms with Crippen molar-refractivity contribution in [3.63, 3.8) is 0 Å². The largest absolute Gasteiger partial charge is 0.330 e. The molecule has 1 aromatic carbocycles. The molecule has 3 saturated heterocycles. The van der Waals surface area contributed by atoms with Gasteiger partial charge in [-0.25, -0.2) is 4.85 Å². The zero-order valence-corrected chi connectivity index (χ0v) is 17.9. The van der Waals surface area contributed by atoms with E-state index in [1.165, 1.54) is 0 Å². The van der Waals surface area contributed by atoms with E-state index in [2.05, 4.69) is 15.8 Å². The molecule has 3 heterocycles. The molecule has 2 amide bonds. The van der Waals surface area contributed by atoms with Gasteiger partial charge in [0.1, 0.15) is 6.04 Å². The van der Waals surface area contributed by atoms with Gasteiger partial charge in [0.2, 0.25) is 11.8 Å². The lowest BCUT2D eigenvalue weighted by atomic mass is 10.0. The summed E-state index contributed by atoms with van der Waals surface area (Å²) in [6, 6.07) is 9.71. The number of hydrogen-bond donors (Lipinski definition) is 0. The van der Waals surface area contributed by atoms with Crippen LogP contribution in [0.25, 0.3) is 4.85 Å². The maximum atomic E-state index is 13.2. The summed E-state index contributed by atoms with van der Waals surface area (Å²) < 4.78 is 0. The molecule has 0 spiro atoms. The topological polar surface area (TPSA) is 72.0 Å². The van der Waals surface area contributed by atoms with Crippen LogP contribution in [0.2, 0.25) is 0 Å².